The van der Waals surface area contributed by atoms with E-state index in [2.05, 4.69) is 11.4 Å². The zero-order valence-corrected chi connectivity index (χ0v) is 11.5. The third-order valence-corrected chi connectivity index (χ3v) is 3.88. The standard InChI is InChI=1S/C14H19Cl2N/c15-13-8-5-11(10-14(13)16)4-2-1-3-9-17-12-6-7-12/h5,8,10,12,17H,1-4,6-7,9H2. The lowest BCUT2D eigenvalue weighted by Gasteiger charge is -2.04. The van der Waals surface area contributed by atoms with Crippen LogP contribution in [0.4, 0.5) is 0 Å². The molecule has 1 nitrogen and oxygen atoms in total. The summed E-state index contributed by atoms with van der Waals surface area (Å²) in [6.45, 7) is 1.17. The largest absolute Gasteiger partial charge is 0.314 e. The molecule has 1 fully saturated rings. The van der Waals surface area contributed by atoms with Crippen LogP contribution < -0.4 is 5.32 Å². The molecule has 0 aromatic heterocycles. The molecule has 2 rings (SSSR count). The molecule has 17 heavy (non-hydrogen) atoms. The summed E-state index contributed by atoms with van der Waals surface area (Å²) in [5.74, 6) is 0. The molecule has 0 radical (unpaired) electrons. The summed E-state index contributed by atoms with van der Waals surface area (Å²) in [6.07, 6.45) is 7.63. The van der Waals surface area contributed by atoms with Crippen molar-refractivity contribution >= 4 is 23.2 Å². The van der Waals surface area contributed by atoms with Crippen molar-refractivity contribution < 1.29 is 0 Å². The van der Waals surface area contributed by atoms with Gasteiger partial charge in [-0.1, -0.05) is 35.7 Å². The molecule has 0 heterocycles. The van der Waals surface area contributed by atoms with E-state index in [9.17, 15) is 0 Å². The number of halogens is 2. The SMILES string of the molecule is Clc1ccc(CCCCCNC2CC2)cc1Cl. The van der Waals surface area contributed by atoms with Gasteiger partial charge in [0.2, 0.25) is 0 Å². The average Bonchev–Trinajstić information content (AvgIpc) is 3.12. The van der Waals surface area contributed by atoms with E-state index in [4.69, 9.17) is 23.2 Å². The molecular weight excluding hydrogens is 253 g/mol. The van der Waals surface area contributed by atoms with E-state index in [-0.39, 0.29) is 0 Å². The van der Waals surface area contributed by atoms with Crippen LogP contribution in [-0.2, 0) is 6.42 Å². The van der Waals surface area contributed by atoms with Gasteiger partial charge in [0.05, 0.1) is 10.0 Å². The Bertz CT molecular complexity index is 361. The van der Waals surface area contributed by atoms with Crippen molar-refractivity contribution in [3.05, 3.63) is 33.8 Å². The number of hydrogen-bond acceptors (Lipinski definition) is 1. The van der Waals surface area contributed by atoms with Gasteiger partial charge in [0.1, 0.15) is 0 Å². The van der Waals surface area contributed by atoms with Crippen molar-refractivity contribution in [2.24, 2.45) is 0 Å². The lowest BCUT2D eigenvalue weighted by atomic mass is 10.1. The molecule has 0 spiro atoms. The summed E-state index contributed by atoms with van der Waals surface area (Å²) in [5.41, 5.74) is 1.29. The van der Waals surface area contributed by atoms with Crippen molar-refractivity contribution in [2.45, 2.75) is 44.6 Å². The van der Waals surface area contributed by atoms with Crippen molar-refractivity contribution in [2.75, 3.05) is 6.54 Å². The highest BCUT2D eigenvalue weighted by atomic mass is 35.5. The Morgan fingerprint density at radius 2 is 1.88 bits per heavy atom. The van der Waals surface area contributed by atoms with Crippen LogP contribution in [0.1, 0.15) is 37.7 Å². The van der Waals surface area contributed by atoms with Gasteiger partial charge in [0, 0.05) is 6.04 Å². The predicted octanol–water partition coefficient (Wildman–Crippen LogP) is 4.46. The third kappa shape index (κ3) is 4.87. The molecule has 0 atom stereocenters. The Labute approximate surface area is 114 Å². The lowest BCUT2D eigenvalue weighted by molar-refractivity contribution is 0.600. The number of nitrogens with one attached hydrogen (secondary N) is 1. The molecule has 1 aliphatic rings. The molecule has 0 amide bonds. The van der Waals surface area contributed by atoms with Crippen molar-refractivity contribution in [3.8, 4) is 0 Å². The molecule has 94 valence electrons. The second kappa shape index (κ2) is 6.63. The zero-order valence-electron chi connectivity index (χ0n) is 10.0. The van der Waals surface area contributed by atoms with Gasteiger partial charge in [-0.25, -0.2) is 0 Å². The number of aryl methyl sites for hydroxylation is 1. The maximum Gasteiger partial charge on any atom is 0.0595 e. The summed E-state index contributed by atoms with van der Waals surface area (Å²) in [6, 6.07) is 6.77. The fourth-order valence-corrected chi connectivity index (χ4v) is 2.24. The smallest absolute Gasteiger partial charge is 0.0595 e. The molecule has 3 heteroatoms. The van der Waals surface area contributed by atoms with E-state index in [1.807, 2.05) is 12.1 Å². The van der Waals surface area contributed by atoms with Crippen LogP contribution in [-0.4, -0.2) is 12.6 Å². The van der Waals surface area contributed by atoms with E-state index in [1.54, 1.807) is 0 Å². The number of hydrogen-bond donors (Lipinski definition) is 1. The number of rotatable bonds is 7. The topological polar surface area (TPSA) is 12.0 Å². The minimum Gasteiger partial charge on any atom is -0.314 e. The van der Waals surface area contributed by atoms with E-state index in [0.717, 1.165) is 12.5 Å². The van der Waals surface area contributed by atoms with Crippen LogP contribution in [0, 0.1) is 0 Å². The van der Waals surface area contributed by atoms with Gasteiger partial charge < -0.3 is 5.32 Å². The third-order valence-electron chi connectivity index (χ3n) is 3.14. The van der Waals surface area contributed by atoms with Crippen LogP contribution in [0.5, 0.6) is 0 Å². The highest BCUT2D eigenvalue weighted by Crippen LogP contribution is 2.23. The summed E-state index contributed by atoms with van der Waals surface area (Å²) >= 11 is 11.9. The second-order valence-electron chi connectivity index (χ2n) is 4.79. The zero-order chi connectivity index (χ0) is 12.1. The minimum absolute atomic E-state index is 0.643. The summed E-state index contributed by atoms with van der Waals surface area (Å²) in [5, 5.41) is 4.84. The molecular formula is C14H19Cl2N. The van der Waals surface area contributed by atoms with Crippen LogP contribution >= 0.6 is 23.2 Å². The van der Waals surface area contributed by atoms with Crippen molar-refractivity contribution in [3.63, 3.8) is 0 Å². The van der Waals surface area contributed by atoms with Gasteiger partial charge in [-0.05, 0) is 56.3 Å². The van der Waals surface area contributed by atoms with E-state index >= 15 is 0 Å². The quantitative estimate of drug-likeness (QED) is 0.723. The van der Waals surface area contributed by atoms with Gasteiger partial charge in [0.25, 0.3) is 0 Å². The fourth-order valence-electron chi connectivity index (χ4n) is 1.92. The molecule has 0 saturated heterocycles. The molecule has 1 N–H and O–H groups in total. The molecule has 1 aliphatic carbocycles. The van der Waals surface area contributed by atoms with E-state index < -0.39 is 0 Å². The molecule has 1 aromatic carbocycles. The van der Waals surface area contributed by atoms with Gasteiger partial charge in [-0.3, -0.25) is 0 Å². The number of unbranched alkanes of at least 4 members (excludes halogenated alkanes) is 2. The Kier molecular flexibility index (Phi) is 5.15. The van der Waals surface area contributed by atoms with Crippen LogP contribution in [0.25, 0.3) is 0 Å². The molecule has 1 saturated carbocycles. The first-order chi connectivity index (χ1) is 8.25. The number of benzene rings is 1. The Balaban J connectivity index is 1.58. The first-order valence-electron chi connectivity index (χ1n) is 6.43. The molecule has 0 unspecified atom stereocenters. The van der Waals surface area contributed by atoms with Crippen molar-refractivity contribution in [1.82, 2.24) is 5.32 Å². The predicted molar refractivity (Wildman–Crippen MR) is 75.0 cm³/mol. The highest BCUT2D eigenvalue weighted by Gasteiger charge is 2.19. The first-order valence-corrected chi connectivity index (χ1v) is 7.18. The average molecular weight is 272 g/mol. The monoisotopic (exact) mass is 271 g/mol. The summed E-state index contributed by atoms with van der Waals surface area (Å²) in [4.78, 5) is 0. The molecule has 0 bridgehead atoms. The van der Waals surface area contributed by atoms with Gasteiger partial charge >= 0.3 is 0 Å². The van der Waals surface area contributed by atoms with Gasteiger partial charge in [-0.2, -0.15) is 0 Å². The van der Waals surface area contributed by atoms with Gasteiger partial charge in [-0.15, -0.1) is 0 Å². The second-order valence-corrected chi connectivity index (χ2v) is 5.60. The summed E-state index contributed by atoms with van der Waals surface area (Å²) in [7, 11) is 0. The first kappa shape index (κ1) is 13.2. The van der Waals surface area contributed by atoms with Crippen LogP contribution in [0.15, 0.2) is 18.2 Å². The van der Waals surface area contributed by atoms with Crippen molar-refractivity contribution in [1.29, 1.82) is 0 Å². The van der Waals surface area contributed by atoms with E-state index in [0.29, 0.717) is 10.0 Å². The van der Waals surface area contributed by atoms with Gasteiger partial charge in [0.15, 0.2) is 0 Å². The summed E-state index contributed by atoms with van der Waals surface area (Å²) < 4.78 is 0. The Hall–Kier alpha value is -0.240. The lowest BCUT2D eigenvalue weighted by Crippen LogP contribution is -2.17. The Morgan fingerprint density at radius 1 is 1.06 bits per heavy atom. The normalized spacial score (nSPS) is 15.2. The molecule has 0 aliphatic heterocycles. The molecule has 1 aromatic rings. The fraction of sp³-hybridized carbons (Fsp3) is 0.571. The Morgan fingerprint density at radius 3 is 2.59 bits per heavy atom. The van der Waals surface area contributed by atoms with Crippen LogP contribution in [0.2, 0.25) is 10.0 Å². The minimum atomic E-state index is 0.643. The maximum absolute atomic E-state index is 5.98. The maximum atomic E-state index is 5.98. The highest BCUT2D eigenvalue weighted by molar-refractivity contribution is 6.42. The van der Waals surface area contributed by atoms with Crippen LogP contribution in [0.3, 0.4) is 0 Å². The van der Waals surface area contributed by atoms with E-state index in [1.165, 1.54) is 44.2 Å².